The molecule has 25 heavy (non-hydrogen) atoms. The molecule has 130 valence electrons. The van der Waals surface area contributed by atoms with Gasteiger partial charge < -0.3 is 10.4 Å². The average molecular weight is 339 g/mol. The van der Waals surface area contributed by atoms with Crippen molar-refractivity contribution in [2.24, 2.45) is 0 Å². The zero-order chi connectivity index (χ0) is 17.8. The summed E-state index contributed by atoms with van der Waals surface area (Å²) >= 11 is 0. The minimum atomic E-state index is -0.253. The number of aromatic nitrogens is 2. The number of benzene rings is 2. The molecule has 4 nitrogen and oxygen atoms in total. The van der Waals surface area contributed by atoms with Gasteiger partial charge in [-0.05, 0) is 62.2 Å². The maximum atomic E-state index is 13.1. The summed E-state index contributed by atoms with van der Waals surface area (Å²) in [6.07, 6.45) is 0.670. The standard InChI is InChI=1S/C20H22FN3O/c1-14-20(13-22-18-7-3-16(4-8-18)11-12-25)15(2)24(23-14)19-9-5-17(21)6-10-19/h3-10,22,25H,11-13H2,1-2H3. The van der Waals surface area contributed by atoms with Crippen LogP contribution in [0.5, 0.6) is 0 Å². The van der Waals surface area contributed by atoms with Crippen molar-refractivity contribution < 1.29 is 9.50 Å². The van der Waals surface area contributed by atoms with Gasteiger partial charge in [0.15, 0.2) is 0 Å². The Morgan fingerprint density at radius 2 is 1.72 bits per heavy atom. The van der Waals surface area contributed by atoms with Crippen LogP contribution in [-0.4, -0.2) is 21.5 Å². The number of anilines is 1. The van der Waals surface area contributed by atoms with Gasteiger partial charge in [-0.2, -0.15) is 5.10 Å². The van der Waals surface area contributed by atoms with E-state index in [-0.39, 0.29) is 12.4 Å². The fourth-order valence-corrected chi connectivity index (χ4v) is 2.87. The summed E-state index contributed by atoms with van der Waals surface area (Å²) in [6, 6.07) is 14.4. The van der Waals surface area contributed by atoms with E-state index >= 15 is 0 Å². The SMILES string of the molecule is Cc1nn(-c2ccc(F)cc2)c(C)c1CNc1ccc(CCO)cc1. The summed E-state index contributed by atoms with van der Waals surface area (Å²) in [5, 5.41) is 17.0. The van der Waals surface area contributed by atoms with Crippen molar-refractivity contribution in [1.82, 2.24) is 9.78 Å². The first-order chi connectivity index (χ1) is 12.1. The van der Waals surface area contributed by atoms with E-state index in [1.165, 1.54) is 12.1 Å². The van der Waals surface area contributed by atoms with E-state index in [4.69, 9.17) is 5.11 Å². The van der Waals surface area contributed by atoms with Crippen LogP contribution >= 0.6 is 0 Å². The molecule has 0 amide bonds. The predicted octanol–water partition coefficient (Wildman–Crippen LogP) is 3.78. The molecule has 2 aromatic carbocycles. The Kier molecular flexibility index (Phi) is 5.14. The highest BCUT2D eigenvalue weighted by atomic mass is 19.1. The number of hydrogen-bond acceptors (Lipinski definition) is 3. The number of halogens is 1. The minimum absolute atomic E-state index is 0.160. The number of aliphatic hydroxyl groups excluding tert-OH is 1. The predicted molar refractivity (Wildman–Crippen MR) is 97.6 cm³/mol. The first-order valence-electron chi connectivity index (χ1n) is 8.33. The van der Waals surface area contributed by atoms with E-state index in [1.54, 1.807) is 12.1 Å². The highest BCUT2D eigenvalue weighted by Gasteiger charge is 2.12. The second kappa shape index (κ2) is 7.49. The van der Waals surface area contributed by atoms with Crippen LogP contribution in [0.2, 0.25) is 0 Å². The normalized spacial score (nSPS) is 10.9. The Labute approximate surface area is 146 Å². The molecule has 0 saturated heterocycles. The fraction of sp³-hybridized carbons (Fsp3) is 0.250. The van der Waals surface area contributed by atoms with Crippen LogP contribution in [-0.2, 0) is 13.0 Å². The maximum Gasteiger partial charge on any atom is 0.123 e. The highest BCUT2D eigenvalue weighted by Crippen LogP contribution is 2.20. The molecule has 0 unspecified atom stereocenters. The van der Waals surface area contributed by atoms with Gasteiger partial charge in [0.25, 0.3) is 0 Å². The van der Waals surface area contributed by atoms with E-state index in [2.05, 4.69) is 10.4 Å². The molecule has 1 aromatic heterocycles. The van der Waals surface area contributed by atoms with Gasteiger partial charge in [0, 0.05) is 30.1 Å². The Morgan fingerprint density at radius 3 is 2.36 bits per heavy atom. The molecule has 0 fully saturated rings. The molecule has 0 saturated carbocycles. The molecule has 3 rings (SSSR count). The topological polar surface area (TPSA) is 50.1 Å². The van der Waals surface area contributed by atoms with E-state index in [9.17, 15) is 4.39 Å². The van der Waals surface area contributed by atoms with Gasteiger partial charge in [-0.15, -0.1) is 0 Å². The largest absolute Gasteiger partial charge is 0.396 e. The lowest BCUT2D eigenvalue weighted by molar-refractivity contribution is 0.299. The monoisotopic (exact) mass is 339 g/mol. The molecule has 1 heterocycles. The summed E-state index contributed by atoms with van der Waals surface area (Å²) in [7, 11) is 0. The van der Waals surface area contributed by atoms with Gasteiger partial charge in [-0.3, -0.25) is 0 Å². The first kappa shape index (κ1) is 17.2. The van der Waals surface area contributed by atoms with Crippen LogP contribution in [0.4, 0.5) is 10.1 Å². The summed E-state index contributed by atoms with van der Waals surface area (Å²) in [5.41, 5.74) is 6.10. The second-order valence-electron chi connectivity index (χ2n) is 6.06. The number of aliphatic hydroxyl groups is 1. The average Bonchev–Trinajstić information content (AvgIpc) is 2.90. The Bertz CT molecular complexity index is 839. The molecule has 0 spiro atoms. The molecule has 0 radical (unpaired) electrons. The van der Waals surface area contributed by atoms with Crippen LogP contribution < -0.4 is 5.32 Å². The molecular formula is C20H22FN3O. The quantitative estimate of drug-likeness (QED) is 0.719. The zero-order valence-corrected chi connectivity index (χ0v) is 14.5. The lowest BCUT2D eigenvalue weighted by Crippen LogP contribution is -2.03. The van der Waals surface area contributed by atoms with Crippen molar-refractivity contribution in [3.05, 3.63) is 76.9 Å². The van der Waals surface area contributed by atoms with Crippen LogP contribution in [0.25, 0.3) is 5.69 Å². The van der Waals surface area contributed by atoms with Gasteiger partial charge in [0.2, 0.25) is 0 Å². The molecule has 0 aliphatic heterocycles. The zero-order valence-electron chi connectivity index (χ0n) is 14.5. The highest BCUT2D eigenvalue weighted by molar-refractivity contribution is 5.46. The molecule has 2 N–H and O–H groups in total. The molecule has 5 heteroatoms. The number of nitrogens with one attached hydrogen (secondary N) is 1. The summed E-state index contributed by atoms with van der Waals surface area (Å²) in [4.78, 5) is 0. The Morgan fingerprint density at radius 1 is 1.04 bits per heavy atom. The van der Waals surface area contributed by atoms with Gasteiger partial charge >= 0.3 is 0 Å². The number of hydrogen-bond donors (Lipinski definition) is 2. The first-order valence-corrected chi connectivity index (χ1v) is 8.33. The third kappa shape index (κ3) is 3.88. The maximum absolute atomic E-state index is 13.1. The smallest absolute Gasteiger partial charge is 0.123 e. The third-order valence-corrected chi connectivity index (χ3v) is 4.34. The fourth-order valence-electron chi connectivity index (χ4n) is 2.87. The number of rotatable bonds is 6. The van der Waals surface area contributed by atoms with Crippen LogP contribution in [0.1, 0.15) is 22.5 Å². The summed E-state index contributed by atoms with van der Waals surface area (Å²) in [6.45, 7) is 4.82. The van der Waals surface area contributed by atoms with E-state index in [0.29, 0.717) is 13.0 Å². The lowest BCUT2D eigenvalue weighted by atomic mass is 10.1. The van der Waals surface area contributed by atoms with Crippen LogP contribution in [0.15, 0.2) is 48.5 Å². The van der Waals surface area contributed by atoms with Crippen LogP contribution in [0.3, 0.4) is 0 Å². The van der Waals surface area contributed by atoms with Gasteiger partial charge in [-0.1, -0.05) is 12.1 Å². The Hall–Kier alpha value is -2.66. The van der Waals surface area contributed by atoms with Gasteiger partial charge in [0.1, 0.15) is 5.82 Å². The van der Waals surface area contributed by atoms with Crippen molar-refractivity contribution in [2.45, 2.75) is 26.8 Å². The minimum Gasteiger partial charge on any atom is -0.396 e. The van der Waals surface area contributed by atoms with E-state index < -0.39 is 0 Å². The van der Waals surface area contributed by atoms with Crippen LogP contribution in [0, 0.1) is 19.7 Å². The lowest BCUT2D eigenvalue weighted by Gasteiger charge is -2.09. The van der Waals surface area contributed by atoms with Crippen molar-refractivity contribution in [1.29, 1.82) is 0 Å². The van der Waals surface area contributed by atoms with E-state index in [0.717, 1.165) is 33.9 Å². The molecule has 0 aliphatic rings. The Balaban J connectivity index is 1.75. The summed E-state index contributed by atoms with van der Waals surface area (Å²) in [5.74, 6) is -0.253. The molecule has 3 aromatic rings. The number of aryl methyl sites for hydroxylation is 1. The van der Waals surface area contributed by atoms with Crippen molar-refractivity contribution >= 4 is 5.69 Å². The van der Waals surface area contributed by atoms with Crippen molar-refractivity contribution in [2.75, 3.05) is 11.9 Å². The molecule has 0 bridgehead atoms. The van der Waals surface area contributed by atoms with E-state index in [1.807, 2.05) is 42.8 Å². The van der Waals surface area contributed by atoms with Crippen molar-refractivity contribution in [3.8, 4) is 5.69 Å². The molecular weight excluding hydrogens is 317 g/mol. The second-order valence-corrected chi connectivity index (χ2v) is 6.06. The van der Waals surface area contributed by atoms with Crippen molar-refractivity contribution in [3.63, 3.8) is 0 Å². The van der Waals surface area contributed by atoms with Gasteiger partial charge in [-0.25, -0.2) is 9.07 Å². The summed E-state index contributed by atoms with van der Waals surface area (Å²) < 4.78 is 15.0. The molecule has 0 atom stereocenters. The van der Waals surface area contributed by atoms with Gasteiger partial charge in [0.05, 0.1) is 11.4 Å². The number of nitrogens with zero attached hydrogens (tertiary/aromatic N) is 2. The third-order valence-electron chi connectivity index (χ3n) is 4.34. The molecule has 0 aliphatic carbocycles.